The van der Waals surface area contributed by atoms with Crippen LogP contribution in [0.4, 0.5) is 0 Å². The van der Waals surface area contributed by atoms with Gasteiger partial charge in [0.15, 0.2) is 9.84 Å². The van der Waals surface area contributed by atoms with Gasteiger partial charge >= 0.3 is 0 Å². The Morgan fingerprint density at radius 3 is 2.88 bits per heavy atom. The van der Waals surface area contributed by atoms with Crippen molar-refractivity contribution < 1.29 is 17.9 Å². The molecular formula is C10H19NO4S. The minimum atomic E-state index is -2.83. The highest BCUT2D eigenvalue weighted by Crippen LogP contribution is 2.23. The number of ether oxygens (including phenoxy) is 2. The quantitative estimate of drug-likeness (QED) is 0.757. The first-order valence-corrected chi connectivity index (χ1v) is 7.46. The zero-order valence-corrected chi connectivity index (χ0v) is 10.4. The van der Waals surface area contributed by atoms with Crippen molar-refractivity contribution in [2.45, 2.75) is 31.4 Å². The van der Waals surface area contributed by atoms with Crippen molar-refractivity contribution in [1.82, 2.24) is 5.32 Å². The first-order valence-electron chi connectivity index (χ1n) is 5.64. The lowest BCUT2D eigenvalue weighted by atomic mass is 10.0. The van der Waals surface area contributed by atoms with Gasteiger partial charge in [0.1, 0.15) is 6.79 Å². The van der Waals surface area contributed by atoms with Crippen LogP contribution in [0, 0.1) is 0 Å². The van der Waals surface area contributed by atoms with Crippen LogP contribution in [0.3, 0.4) is 0 Å². The summed E-state index contributed by atoms with van der Waals surface area (Å²) in [4.78, 5) is 0. The van der Waals surface area contributed by atoms with Gasteiger partial charge in [-0.3, -0.25) is 0 Å². The molecular weight excluding hydrogens is 230 g/mol. The van der Waals surface area contributed by atoms with Crippen LogP contribution in [-0.2, 0) is 19.3 Å². The fourth-order valence-electron chi connectivity index (χ4n) is 2.17. The Labute approximate surface area is 96.4 Å². The molecule has 6 heteroatoms. The second-order valence-electron chi connectivity index (χ2n) is 4.89. The van der Waals surface area contributed by atoms with E-state index in [2.05, 4.69) is 5.32 Å². The molecule has 0 bridgehead atoms. The molecule has 2 heterocycles. The molecule has 0 aromatic rings. The Morgan fingerprint density at radius 2 is 2.31 bits per heavy atom. The minimum absolute atomic E-state index is 0.147. The van der Waals surface area contributed by atoms with Gasteiger partial charge in [-0.05, 0) is 19.8 Å². The van der Waals surface area contributed by atoms with Crippen molar-refractivity contribution in [3.8, 4) is 0 Å². The van der Waals surface area contributed by atoms with Gasteiger partial charge in [-0.2, -0.15) is 0 Å². The highest BCUT2D eigenvalue weighted by atomic mass is 32.2. The largest absolute Gasteiger partial charge is 0.355 e. The van der Waals surface area contributed by atoms with Crippen molar-refractivity contribution in [3.05, 3.63) is 0 Å². The number of hydrogen-bond acceptors (Lipinski definition) is 5. The molecule has 0 spiro atoms. The molecule has 94 valence electrons. The third-order valence-corrected chi connectivity index (χ3v) is 5.13. The fourth-order valence-corrected chi connectivity index (χ4v) is 4.30. The molecule has 0 aromatic carbocycles. The van der Waals surface area contributed by atoms with Gasteiger partial charge in [0, 0.05) is 12.1 Å². The lowest BCUT2D eigenvalue weighted by Crippen LogP contribution is -2.48. The van der Waals surface area contributed by atoms with Crippen LogP contribution in [0.5, 0.6) is 0 Å². The van der Waals surface area contributed by atoms with Gasteiger partial charge in [-0.25, -0.2) is 8.42 Å². The van der Waals surface area contributed by atoms with E-state index in [0.29, 0.717) is 25.5 Å². The van der Waals surface area contributed by atoms with E-state index in [0.717, 1.165) is 13.0 Å². The van der Waals surface area contributed by atoms with Crippen molar-refractivity contribution >= 4 is 9.84 Å². The molecule has 0 aliphatic carbocycles. The van der Waals surface area contributed by atoms with Gasteiger partial charge in [0.25, 0.3) is 0 Å². The van der Waals surface area contributed by atoms with Crippen LogP contribution >= 0.6 is 0 Å². The second-order valence-corrected chi connectivity index (χ2v) is 7.07. The molecule has 2 fully saturated rings. The third-order valence-electron chi connectivity index (χ3n) is 3.23. The van der Waals surface area contributed by atoms with Crippen molar-refractivity contribution in [1.29, 1.82) is 0 Å². The Kier molecular flexibility index (Phi) is 3.53. The topological polar surface area (TPSA) is 64.6 Å². The molecule has 5 nitrogen and oxygen atoms in total. The highest BCUT2D eigenvalue weighted by molar-refractivity contribution is 7.91. The predicted octanol–water partition coefficient (Wildman–Crippen LogP) is -0.0838. The van der Waals surface area contributed by atoms with E-state index in [1.165, 1.54) is 0 Å². The molecule has 2 unspecified atom stereocenters. The van der Waals surface area contributed by atoms with E-state index in [4.69, 9.17) is 9.47 Å². The Balaban J connectivity index is 1.81. The monoisotopic (exact) mass is 249 g/mol. The summed E-state index contributed by atoms with van der Waals surface area (Å²) in [6.07, 6.45) is 1.71. The SMILES string of the molecule is CC1(NCC2CCOCO2)CCS(=O)(=O)C1. The number of sulfone groups is 1. The van der Waals surface area contributed by atoms with Gasteiger partial charge in [0.05, 0.1) is 24.2 Å². The van der Waals surface area contributed by atoms with Crippen LogP contribution < -0.4 is 5.32 Å². The number of rotatable bonds is 3. The lowest BCUT2D eigenvalue weighted by Gasteiger charge is -2.29. The van der Waals surface area contributed by atoms with Crippen molar-refractivity contribution in [2.75, 3.05) is 31.5 Å². The van der Waals surface area contributed by atoms with Crippen molar-refractivity contribution in [3.63, 3.8) is 0 Å². The molecule has 0 amide bonds. The van der Waals surface area contributed by atoms with Crippen LogP contribution in [0.25, 0.3) is 0 Å². The molecule has 0 saturated carbocycles. The average molecular weight is 249 g/mol. The summed E-state index contributed by atoms with van der Waals surface area (Å²) in [5.41, 5.74) is -0.277. The van der Waals surface area contributed by atoms with Gasteiger partial charge in [-0.15, -0.1) is 0 Å². The maximum Gasteiger partial charge on any atom is 0.152 e. The summed E-state index contributed by atoms with van der Waals surface area (Å²) in [5, 5.41) is 3.32. The van der Waals surface area contributed by atoms with E-state index in [9.17, 15) is 8.42 Å². The first kappa shape index (κ1) is 12.3. The van der Waals surface area contributed by atoms with E-state index < -0.39 is 9.84 Å². The zero-order chi connectivity index (χ0) is 11.6. The predicted molar refractivity (Wildman–Crippen MR) is 60.0 cm³/mol. The summed E-state index contributed by atoms with van der Waals surface area (Å²) in [7, 11) is -2.83. The van der Waals surface area contributed by atoms with Crippen LogP contribution in [0.2, 0.25) is 0 Å². The third kappa shape index (κ3) is 3.16. The fraction of sp³-hybridized carbons (Fsp3) is 1.00. The Hall–Kier alpha value is -0.170. The Bertz CT molecular complexity index is 337. The molecule has 2 aliphatic heterocycles. The van der Waals surface area contributed by atoms with E-state index in [1.807, 2.05) is 6.92 Å². The normalized spacial score (nSPS) is 38.7. The average Bonchev–Trinajstić information content (AvgIpc) is 2.53. The van der Waals surface area contributed by atoms with Crippen LogP contribution in [0.1, 0.15) is 19.8 Å². The van der Waals surface area contributed by atoms with Gasteiger partial charge in [-0.1, -0.05) is 0 Å². The van der Waals surface area contributed by atoms with Gasteiger partial charge < -0.3 is 14.8 Å². The smallest absolute Gasteiger partial charge is 0.152 e. The summed E-state index contributed by atoms with van der Waals surface area (Å²) in [6.45, 7) is 3.75. The maximum absolute atomic E-state index is 11.4. The van der Waals surface area contributed by atoms with E-state index in [-0.39, 0.29) is 17.4 Å². The molecule has 0 aromatic heterocycles. The first-order chi connectivity index (χ1) is 7.49. The zero-order valence-electron chi connectivity index (χ0n) is 9.57. The molecule has 0 radical (unpaired) electrons. The molecule has 1 N–H and O–H groups in total. The summed E-state index contributed by atoms with van der Waals surface area (Å²) < 4.78 is 33.3. The molecule has 2 atom stereocenters. The standard InChI is InChI=1S/C10H19NO4S/c1-10(3-5-16(12,13)7-10)11-6-9-2-4-14-8-15-9/h9,11H,2-8H2,1H3. The molecule has 2 saturated heterocycles. The van der Waals surface area contributed by atoms with Gasteiger partial charge in [0.2, 0.25) is 0 Å². The van der Waals surface area contributed by atoms with E-state index >= 15 is 0 Å². The van der Waals surface area contributed by atoms with Crippen LogP contribution in [-0.4, -0.2) is 51.5 Å². The molecule has 2 rings (SSSR count). The second kappa shape index (κ2) is 4.60. The Morgan fingerprint density at radius 1 is 1.50 bits per heavy atom. The molecule has 16 heavy (non-hydrogen) atoms. The maximum atomic E-state index is 11.4. The number of hydrogen-bond donors (Lipinski definition) is 1. The van der Waals surface area contributed by atoms with Crippen molar-refractivity contribution in [2.24, 2.45) is 0 Å². The number of nitrogens with one attached hydrogen (secondary N) is 1. The summed E-state index contributed by atoms with van der Waals surface area (Å²) in [5.74, 6) is 0.536. The minimum Gasteiger partial charge on any atom is -0.355 e. The van der Waals surface area contributed by atoms with E-state index in [1.54, 1.807) is 0 Å². The lowest BCUT2D eigenvalue weighted by molar-refractivity contribution is -0.138. The highest BCUT2D eigenvalue weighted by Gasteiger charge is 2.38. The summed E-state index contributed by atoms with van der Waals surface area (Å²) >= 11 is 0. The van der Waals surface area contributed by atoms with Crippen LogP contribution in [0.15, 0.2) is 0 Å². The molecule has 2 aliphatic rings. The summed E-state index contributed by atoms with van der Waals surface area (Å²) in [6, 6.07) is 0.